The van der Waals surface area contributed by atoms with Gasteiger partial charge in [-0.2, -0.15) is 10.5 Å². The maximum atomic E-state index is 9.36. The Bertz CT molecular complexity index is 767. The van der Waals surface area contributed by atoms with Crippen molar-refractivity contribution in [2.75, 3.05) is 0 Å². The van der Waals surface area contributed by atoms with Crippen LogP contribution < -0.4 is 0 Å². The first-order valence-electron chi connectivity index (χ1n) is 9.24. The highest BCUT2D eigenvalue weighted by Crippen LogP contribution is 2.85. The molecule has 0 aromatic rings. The van der Waals surface area contributed by atoms with Crippen molar-refractivity contribution in [1.29, 1.82) is 10.5 Å². The van der Waals surface area contributed by atoms with E-state index in [0.717, 1.165) is 35.5 Å². The third-order valence-corrected chi connectivity index (χ3v) is 9.30. The lowest BCUT2D eigenvalue weighted by atomic mass is 9.76. The molecule has 2 unspecified atom stereocenters. The van der Waals surface area contributed by atoms with Crippen molar-refractivity contribution < 1.29 is 0 Å². The molecular weight excluding hydrogens is 280 g/mol. The first kappa shape index (κ1) is 11.7. The first-order chi connectivity index (χ1) is 11.4. The summed E-state index contributed by atoms with van der Waals surface area (Å²) in [6.45, 7) is 0. The maximum Gasteiger partial charge on any atom is 0.0911 e. The number of nitriles is 2. The van der Waals surface area contributed by atoms with Gasteiger partial charge in [0.25, 0.3) is 0 Å². The fourth-order valence-corrected chi connectivity index (χ4v) is 9.58. The topological polar surface area (TPSA) is 47.6 Å². The van der Waals surface area contributed by atoms with Gasteiger partial charge in [-0.15, -0.1) is 0 Å². The second kappa shape index (κ2) is 3.34. The summed E-state index contributed by atoms with van der Waals surface area (Å²) in [5.74, 6) is 9.24. The molecule has 0 heterocycles. The number of allylic oxidation sites excluding steroid dienone is 6. The third kappa shape index (κ3) is 0.922. The van der Waals surface area contributed by atoms with Crippen molar-refractivity contribution in [3.63, 3.8) is 0 Å². The molecule has 0 aromatic heterocycles. The fourth-order valence-electron chi connectivity index (χ4n) is 9.58. The van der Waals surface area contributed by atoms with Gasteiger partial charge in [0.05, 0.1) is 12.1 Å². The maximum absolute atomic E-state index is 9.36. The molecule has 0 saturated heterocycles. The highest BCUT2D eigenvalue weighted by Gasteiger charge is 2.80. The van der Waals surface area contributed by atoms with Crippen molar-refractivity contribution in [2.24, 2.45) is 71.0 Å². The number of rotatable bonds is 0. The van der Waals surface area contributed by atoms with E-state index in [1.807, 2.05) is 12.2 Å². The van der Waals surface area contributed by atoms with E-state index >= 15 is 0 Å². The summed E-state index contributed by atoms with van der Waals surface area (Å²) < 4.78 is 0. The van der Waals surface area contributed by atoms with Crippen molar-refractivity contribution in [3.8, 4) is 12.1 Å². The van der Waals surface area contributed by atoms with Crippen LogP contribution in [0.3, 0.4) is 0 Å². The van der Waals surface area contributed by atoms with Crippen LogP contribution in [0.2, 0.25) is 0 Å². The van der Waals surface area contributed by atoms with Crippen molar-refractivity contribution >= 4 is 0 Å². The Morgan fingerprint density at radius 2 is 1.26 bits per heavy atom. The third-order valence-electron chi connectivity index (χ3n) is 9.30. The number of hydrogen-bond donors (Lipinski definition) is 0. The Morgan fingerprint density at radius 1 is 0.739 bits per heavy atom. The molecule has 0 N–H and O–H groups in total. The normalized spacial score (nSPS) is 66.9. The lowest BCUT2D eigenvalue weighted by Crippen LogP contribution is -2.21. The van der Waals surface area contributed by atoms with Crippen LogP contribution in [0, 0.1) is 93.7 Å². The largest absolute Gasteiger partial charge is 0.193 e. The monoisotopic (exact) mass is 298 g/mol. The summed E-state index contributed by atoms with van der Waals surface area (Å²) in [4.78, 5) is 0. The summed E-state index contributed by atoms with van der Waals surface area (Å²) >= 11 is 0. The van der Waals surface area contributed by atoms with E-state index in [4.69, 9.17) is 0 Å². The van der Waals surface area contributed by atoms with E-state index in [-0.39, 0.29) is 0 Å². The van der Waals surface area contributed by atoms with Gasteiger partial charge in [-0.1, -0.05) is 23.3 Å². The molecule has 0 amide bonds. The predicted molar refractivity (Wildman–Crippen MR) is 83.0 cm³/mol. The SMILES string of the molecule is N#C/C=C1/[C@H]2[C@H]3C4C5[C@H]2C=C[C@@H]5[C@@H]2/C(=C/C#N)[C@@H]5C[C@@H]1[C@H]3[C@H]5[C@@H]42. The van der Waals surface area contributed by atoms with Gasteiger partial charge in [0.1, 0.15) is 0 Å². The molecule has 6 fully saturated rings. The average molecular weight is 298 g/mol. The molecule has 7 aliphatic rings. The van der Waals surface area contributed by atoms with Crippen LogP contribution >= 0.6 is 0 Å². The highest BCUT2D eigenvalue weighted by molar-refractivity contribution is 5.47. The van der Waals surface area contributed by atoms with E-state index in [9.17, 15) is 10.5 Å². The van der Waals surface area contributed by atoms with Crippen LogP contribution in [0.4, 0.5) is 0 Å². The van der Waals surface area contributed by atoms with Crippen molar-refractivity contribution in [1.82, 2.24) is 0 Å². The first-order valence-corrected chi connectivity index (χ1v) is 9.24. The summed E-state index contributed by atoms with van der Waals surface area (Å²) in [7, 11) is 0. The van der Waals surface area contributed by atoms with Crippen LogP contribution in [0.15, 0.2) is 35.5 Å². The van der Waals surface area contributed by atoms with Gasteiger partial charge in [-0.3, -0.25) is 0 Å². The standard InChI is InChI=1S/C21H18N2/c22-5-3-8-12-7-13-9(4-6-23)15-11-2-1-10-14(8)19-17(12)18(13)20(15)21(19)16(10)11/h1-4,10-21H,7H2/b8-3+,9-4+/t10-,11+,12-,13-,14+,15-,16?,17-,18-,19+,20-,21?/m0/s1. The smallest absolute Gasteiger partial charge is 0.0911 e. The molecular formula is C21H18N2. The minimum absolute atomic E-state index is 0.654. The molecule has 7 aliphatic carbocycles. The van der Waals surface area contributed by atoms with Gasteiger partial charge in [-0.25, -0.2) is 0 Å². The summed E-state index contributed by atoms with van der Waals surface area (Å²) in [5, 5.41) is 18.7. The molecule has 0 radical (unpaired) electrons. The van der Waals surface area contributed by atoms with Gasteiger partial charge in [0.15, 0.2) is 0 Å². The van der Waals surface area contributed by atoms with Gasteiger partial charge in [-0.05, 0) is 77.4 Å². The lowest BCUT2D eigenvalue weighted by Gasteiger charge is -2.27. The molecule has 2 heteroatoms. The van der Waals surface area contributed by atoms with Crippen LogP contribution in [0.1, 0.15) is 6.42 Å². The molecule has 7 rings (SSSR count). The zero-order chi connectivity index (χ0) is 15.0. The summed E-state index contributed by atoms with van der Waals surface area (Å²) in [6.07, 6.45) is 10.1. The number of nitrogens with zero attached hydrogens (tertiary/aromatic N) is 2. The van der Waals surface area contributed by atoms with Crippen molar-refractivity contribution in [3.05, 3.63) is 35.5 Å². The van der Waals surface area contributed by atoms with Gasteiger partial charge < -0.3 is 0 Å². The highest BCUT2D eigenvalue weighted by atomic mass is 14.8. The summed E-state index contributed by atoms with van der Waals surface area (Å²) in [5.41, 5.74) is 3.01. The minimum atomic E-state index is 0.654. The zero-order valence-electron chi connectivity index (χ0n) is 12.8. The Balaban J connectivity index is 1.54. The summed E-state index contributed by atoms with van der Waals surface area (Å²) in [6, 6.07) is 4.76. The quantitative estimate of drug-likeness (QED) is 0.509. The second-order valence-electron chi connectivity index (χ2n) is 9.05. The Kier molecular flexibility index (Phi) is 1.70. The Labute approximate surface area is 136 Å². The molecule has 2 nitrogen and oxygen atoms in total. The van der Waals surface area contributed by atoms with Crippen LogP contribution in [0.5, 0.6) is 0 Å². The van der Waals surface area contributed by atoms with Crippen LogP contribution in [-0.4, -0.2) is 0 Å². The van der Waals surface area contributed by atoms with E-state index in [0.29, 0.717) is 35.5 Å². The molecule has 0 aliphatic heterocycles. The predicted octanol–water partition coefficient (Wildman–Crippen LogP) is 3.32. The fraction of sp³-hybridized carbons (Fsp3) is 0.619. The molecule has 0 spiro atoms. The Hall–Kier alpha value is -1.80. The van der Waals surface area contributed by atoms with Gasteiger partial charge in [0, 0.05) is 12.2 Å². The second-order valence-corrected chi connectivity index (χ2v) is 9.05. The number of fused-ring (bicyclic) bond motifs is 2. The molecule has 0 aromatic carbocycles. The molecule has 23 heavy (non-hydrogen) atoms. The number of hydrogen-bond acceptors (Lipinski definition) is 2. The van der Waals surface area contributed by atoms with Crippen molar-refractivity contribution in [2.45, 2.75) is 6.42 Å². The van der Waals surface area contributed by atoms with E-state index < -0.39 is 0 Å². The minimum Gasteiger partial charge on any atom is -0.193 e. The van der Waals surface area contributed by atoms with Gasteiger partial charge in [0.2, 0.25) is 0 Å². The zero-order valence-corrected chi connectivity index (χ0v) is 12.8. The van der Waals surface area contributed by atoms with Gasteiger partial charge >= 0.3 is 0 Å². The molecule has 6 saturated carbocycles. The van der Waals surface area contributed by atoms with Crippen LogP contribution in [0.25, 0.3) is 0 Å². The molecule has 112 valence electrons. The average Bonchev–Trinajstić information content (AvgIpc) is 3.28. The van der Waals surface area contributed by atoms with E-state index in [1.165, 1.54) is 17.6 Å². The molecule has 12 atom stereocenters. The molecule has 0 bridgehead atoms. The Morgan fingerprint density at radius 3 is 1.74 bits per heavy atom. The van der Waals surface area contributed by atoms with Crippen LogP contribution in [-0.2, 0) is 0 Å². The lowest BCUT2D eigenvalue weighted by molar-refractivity contribution is 0.294. The van der Waals surface area contributed by atoms with E-state index in [2.05, 4.69) is 24.3 Å². The van der Waals surface area contributed by atoms with E-state index in [1.54, 1.807) is 0 Å².